The van der Waals surface area contributed by atoms with E-state index < -0.39 is 12.1 Å². The third-order valence-electron chi connectivity index (χ3n) is 5.05. The number of carboxylic acids is 1. The maximum atomic E-state index is 12.1. The lowest BCUT2D eigenvalue weighted by Crippen LogP contribution is -2.18. The van der Waals surface area contributed by atoms with Crippen LogP contribution < -0.4 is 0 Å². The van der Waals surface area contributed by atoms with Crippen LogP contribution >= 0.6 is 0 Å². The van der Waals surface area contributed by atoms with Crippen molar-refractivity contribution in [3.63, 3.8) is 0 Å². The molecule has 0 bridgehead atoms. The predicted octanol–water partition coefficient (Wildman–Crippen LogP) is 3.48. The van der Waals surface area contributed by atoms with E-state index in [1.54, 1.807) is 0 Å². The van der Waals surface area contributed by atoms with E-state index in [0.717, 1.165) is 44.9 Å². The van der Waals surface area contributed by atoms with Gasteiger partial charge in [0.05, 0.1) is 12.2 Å². The average Bonchev–Trinajstić information content (AvgIpc) is 2.82. The molecule has 0 aromatic heterocycles. The summed E-state index contributed by atoms with van der Waals surface area (Å²) in [6.45, 7) is 2.09. The van der Waals surface area contributed by atoms with Crippen molar-refractivity contribution in [1.82, 2.24) is 0 Å². The van der Waals surface area contributed by atoms with E-state index in [-0.39, 0.29) is 36.6 Å². The van der Waals surface area contributed by atoms with Gasteiger partial charge in [-0.3, -0.25) is 9.59 Å². The van der Waals surface area contributed by atoms with Crippen LogP contribution in [0.2, 0.25) is 0 Å². The first-order valence-corrected chi connectivity index (χ1v) is 9.73. The Hall–Kier alpha value is -1.20. The van der Waals surface area contributed by atoms with Gasteiger partial charge in [0.15, 0.2) is 0 Å². The Morgan fingerprint density at radius 2 is 1.96 bits per heavy atom. The average molecular weight is 354 g/mol. The lowest BCUT2D eigenvalue weighted by molar-refractivity contribution is -0.137. The van der Waals surface area contributed by atoms with Crippen LogP contribution in [0.15, 0.2) is 12.2 Å². The molecule has 1 saturated carbocycles. The number of aliphatic carboxylic acids is 1. The summed E-state index contributed by atoms with van der Waals surface area (Å²) in [7, 11) is 0. The number of carbonyl (C=O) groups excluding carboxylic acids is 1. The van der Waals surface area contributed by atoms with Crippen LogP contribution in [0.1, 0.15) is 77.6 Å². The first-order valence-electron chi connectivity index (χ1n) is 9.73. The summed E-state index contributed by atoms with van der Waals surface area (Å²) in [5.41, 5.74) is 0. The van der Waals surface area contributed by atoms with Gasteiger partial charge in [0, 0.05) is 24.7 Å². The summed E-state index contributed by atoms with van der Waals surface area (Å²) in [6, 6.07) is 0. The summed E-state index contributed by atoms with van der Waals surface area (Å²) >= 11 is 0. The normalized spacial score (nSPS) is 24.9. The molecule has 0 spiro atoms. The van der Waals surface area contributed by atoms with Gasteiger partial charge in [0.25, 0.3) is 0 Å². The SMILES string of the molecule is CCCC[C@H](O)CC=C[C@H]1[C@H](O)CC(=O)[C@@H]1CCCCCCC(=O)O. The van der Waals surface area contributed by atoms with Crippen LogP contribution in [-0.4, -0.2) is 39.3 Å². The molecule has 3 N–H and O–H groups in total. The smallest absolute Gasteiger partial charge is 0.303 e. The molecule has 5 heteroatoms. The Labute approximate surface area is 151 Å². The lowest BCUT2D eigenvalue weighted by Gasteiger charge is -2.17. The molecule has 1 aliphatic carbocycles. The van der Waals surface area contributed by atoms with Gasteiger partial charge in [0.2, 0.25) is 0 Å². The third-order valence-corrected chi connectivity index (χ3v) is 5.05. The van der Waals surface area contributed by atoms with Crippen molar-refractivity contribution in [2.45, 2.75) is 89.8 Å². The number of unbranched alkanes of at least 4 members (excludes halogenated alkanes) is 4. The van der Waals surface area contributed by atoms with E-state index in [1.165, 1.54) is 0 Å². The minimum atomic E-state index is -0.764. The largest absolute Gasteiger partial charge is 0.481 e. The van der Waals surface area contributed by atoms with Crippen molar-refractivity contribution in [1.29, 1.82) is 0 Å². The molecule has 0 aliphatic heterocycles. The summed E-state index contributed by atoms with van der Waals surface area (Å²) in [6.07, 6.45) is 10.8. The number of carbonyl (C=O) groups is 2. The highest BCUT2D eigenvalue weighted by molar-refractivity contribution is 5.84. The Balaban J connectivity index is 2.37. The first kappa shape index (κ1) is 21.8. The molecule has 0 saturated heterocycles. The molecule has 0 radical (unpaired) electrons. The topological polar surface area (TPSA) is 94.8 Å². The number of carboxylic acid groups (broad SMARTS) is 1. The van der Waals surface area contributed by atoms with E-state index in [9.17, 15) is 19.8 Å². The zero-order valence-corrected chi connectivity index (χ0v) is 15.4. The monoisotopic (exact) mass is 354 g/mol. The molecule has 144 valence electrons. The molecule has 0 aromatic carbocycles. The molecular formula is C20H34O5. The van der Waals surface area contributed by atoms with Crippen molar-refractivity contribution in [3.05, 3.63) is 12.2 Å². The molecule has 25 heavy (non-hydrogen) atoms. The quantitative estimate of drug-likeness (QED) is 0.348. The van der Waals surface area contributed by atoms with Crippen LogP contribution in [0, 0.1) is 11.8 Å². The third kappa shape index (κ3) is 8.63. The highest BCUT2D eigenvalue weighted by atomic mass is 16.4. The molecule has 4 atom stereocenters. The number of hydrogen-bond acceptors (Lipinski definition) is 4. The zero-order chi connectivity index (χ0) is 18.7. The van der Waals surface area contributed by atoms with Crippen LogP contribution in [0.25, 0.3) is 0 Å². The number of hydrogen-bond donors (Lipinski definition) is 3. The molecule has 0 heterocycles. The summed E-state index contributed by atoms with van der Waals surface area (Å²) in [5.74, 6) is -0.928. The summed E-state index contributed by atoms with van der Waals surface area (Å²) in [5, 5.41) is 28.6. The number of rotatable bonds is 13. The van der Waals surface area contributed by atoms with Crippen LogP contribution in [0.4, 0.5) is 0 Å². The van der Waals surface area contributed by atoms with Crippen LogP contribution in [0.5, 0.6) is 0 Å². The number of aliphatic hydroxyl groups is 2. The molecule has 0 unspecified atom stereocenters. The van der Waals surface area contributed by atoms with Crippen molar-refractivity contribution in [3.8, 4) is 0 Å². The van der Waals surface area contributed by atoms with Crippen LogP contribution in [0.3, 0.4) is 0 Å². The Kier molecular flexibility index (Phi) is 10.7. The van der Waals surface area contributed by atoms with Crippen molar-refractivity contribution in [2.24, 2.45) is 11.8 Å². The molecule has 0 aromatic rings. The van der Waals surface area contributed by atoms with Gasteiger partial charge in [-0.15, -0.1) is 0 Å². The van der Waals surface area contributed by atoms with Crippen molar-refractivity contribution in [2.75, 3.05) is 0 Å². The first-order chi connectivity index (χ1) is 12.0. The Morgan fingerprint density at radius 3 is 2.64 bits per heavy atom. The van der Waals surface area contributed by atoms with E-state index >= 15 is 0 Å². The second-order valence-electron chi connectivity index (χ2n) is 7.23. The van der Waals surface area contributed by atoms with Crippen molar-refractivity contribution < 1.29 is 24.9 Å². The van der Waals surface area contributed by atoms with Gasteiger partial charge in [-0.05, 0) is 25.7 Å². The summed E-state index contributed by atoms with van der Waals surface area (Å²) in [4.78, 5) is 22.6. The second kappa shape index (κ2) is 12.2. The van der Waals surface area contributed by atoms with Gasteiger partial charge in [-0.1, -0.05) is 51.2 Å². The Morgan fingerprint density at radius 1 is 1.24 bits per heavy atom. The Bertz CT molecular complexity index is 432. The molecule has 1 aliphatic rings. The second-order valence-corrected chi connectivity index (χ2v) is 7.23. The maximum Gasteiger partial charge on any atom is 0.303 e. The fourth-order valence-corrected chi connectivity index (χ4v) is 3.54. The van der Waals surface area contributed by atoms with Gasteiger partial charge >= 0.3 is 5.97 Å². The molecular weight excluding hydrogens is 320 g/mol. The van der Waals surface area contributed by atoms with Gasteiger partial charge in [0.1, 0.15) is 5.78 Å². The van der Waals surface area contributed by atoms with Gasteiger partial charge < -0.3 is 15.3 Å². The van der Waals surface area contributed by atoms with Crippen molar-refractivity contribution >= 4 is 11.8 Å². The molecule has 5 nitrogen and oxygen atoms in total. The minimum absolute atomic E-state index is 0.124. The fraction of sp³-hybridized carbons (Fsp3) is 0.800. The standard InChI is InChI=1S/C20H34O5/c1-2-3-9-15(21)10-8-12-17-16(18(22)14-19(17)23)11-6-4-5-7-13-20(24)25/h8,12,15-17,19,21,23H,2-7,9-11,13-14H2,1H3,(H,24,25)/t15-,16+,17+,19+/m0/s1. The van der Waals surface area contributed by atoms with E-state index in [0.29, 0.717) is 12.8 Å². The fourth-order valence-electron chi connectivity index (χ4n) is 3.54. The molecule has 1 rings (SSSR count). The molecule has 0 amide bonds. The minimum Gasteiger partial charge on any atom is -0.481 e. The number of ketones is 1. The number of aliphatic hydroxyl groups excluding tert-OH is 2. The molecule has 1 fully saturated rings. The van der Waals surface area contributed by atoms with Gasteiger partial charge in [-0.2, -0.15) is 0 Å². The maximum absolute atomic E-state index is 12.1. The van der Waals surface area contributed by atoms with E-state index in [2.05, 4.69) is 6.92 Å². The van der Waals surface area contributed by atoms with E-state index in [1.807, 2.05) is 12.2 Å². The van der Waals surface area contributed by atoms with E-state index in [4.69, 9.17) is 5.11 Å². The van der Waals surface area contributed by atoms with Gasteiger partial charge in [-0.25, -0.2) is 0 Å². The van der Waals surface area contributed by atoms with Crippen LogP contribution in [-0.2, 0) is 9.59 Å². The zero-order valence-electron chi connectivity index (χ0n) is 15.4. The lowest BCUT2D eigenvalue weighted by atomic mass is 9.88. The number of Topliss-reactive ketones (excluding diaryl/α,β-unsaturated/α-hetero) is 1. The highest BCUT2D eigenvalue weighted by Crippen LogP contribution is 2.34. The highest BCUT2D eigenvalue weighted by Gasteiger charge is 2.39. The summed E-state index contributed by atoms with van der Waals surface area (Å²) < 4.78 is 0. The predicted molar refractivity (Wildman–Crippen MR) is 97.2 cm³/mol.